The first-order valence-corrected chi connectivity index (χ1v) is 10.9. The molecule has 146 valence electrons. The monoisotopic (exact) mass is 416 g/mol. The van der Waals surface area contributed by atoms with E-state index in [0.29, 0.717) is 24.4 Å². The molecule has 0 saturated carbocycles. The van der Waals surface area contributed by atoms with Gasteiger partial charge in [0.25, 0.3) is 5.91 Å². The number of hydrogen-bond donors (Lipinski definition) is 1. The predicted octanol–water partition coefficient (Wildman–Crippen LogP) is 3.65. The Morgan fingerprint density at radius 3 is 2.57 bits per heavy atom. The maximum atomic E-state index is 12.8. The van der Waals surface area contributed by atoms with E-state index < -0.39 is 10.0 Å². The molecule has 2 aromatic heterocycles. The van der Waals surface area contributed by atoms with Crippen LogP contribution in [-0.2, 0) is 23.1 Å². The summed E-state index contributed by atoms with van der Waals surface area (Å²) in [5, 5.41) is 1.96. The topological polar surface area (TPSA) is 79.6 Å². The molecule has 1 amide bonds. The molecule has 0 atom stereocenters. The Labute approximate surface area is 168 Å². The maximum absolute atomic E-state index is 12.8. The zero-order chi connectivity index (χ0) is 20.0. The average Bonchev–Trinajstić information content (AvgIpc) is 3.40. The summed E-state index contributed by atoms with van der Waals surface area (Å²) in [6.07, 6.45) is 3.15. The number of furan rings is 1. The molecule has 0 spiro atoms. The number of nitrogens with zero attached hydrogens (tertiary/aromatic N) is 1. The Hall–Kier alpha value is -2.68. The van der Waals surface area contributed by atoms with Crippen molar-refractivity contribution in [1.29, 1.82) is 0 Å². The molecule has 0 fully saturated rings. The summed E-state index contributed by atoms with van der Waals surface area (Å²) in [6.45, 7) is 4.65. The molecule has 1 aromatic carbocycles. The lowest BCUT2D eigenvalue weighted by Crippen LogP contribution is -2.30. The second-order valence-electron chi connectivity index (χ2n) is 5.98. The van der Waals surface area contributed by atoms with Gasteiger partial charge in [0.1, 0.15) is 5.76 Å². The van der Waals surface area contributed by atoms with Crippen molar-refractivity contribution < 1.29 is 17.6 Å². The Balaban J connectivity index is 1.71. The van der Waals surface area contributed by atoms with E-state index in [1.54, 1.807) is 34.4 Å². The largest absolute Gasteiger partial charge is 0.468 e. The molecule has 8 heteroatoms. The Kier molecular flexibility index (Phi) is 6.45. The van der Waals surface area contributed by atoms with E-state index in [2.05, 4.69) is 11.3 Å². The van der Waals surface area contributed by atoms with Crippen LogP contribution in [0.5, 0.6) is 0 Å². The number of carbonyl (C=O) groups is 1. The quantitative estimate of drug-likeness (QED) is 0.540. The maximum Gasteiger partial charge on any atom is 0.254 e. The number of hydrogen-bond acceptors (Lipinski definition) is 5. The molecule has 0 radical (unpaired) electrons. The van der Waals surface area contributed by atoms with Crippen LogP contribution in [0.4, 0.5) is 0 Å². The van der Waals surface area contributed by atoms with Crippen LogP contribution in [0.1, 0.15) is 21.0 Å². The van der Waals surface area contributed by atoms with Crippen LogP contribution < -0.4 is 4.72 Å². The van der Waals surface area contributed by atoms with Crippen molar-refractivity contribution in [3.8, 4) is 0 Å². The molecule has 2 heterocycles. The summed E-state index contributed by atoms with van der Waals surface area (Å²) < 4.78 is 32.4. The van der Waals surface area contributed by atoms with Crippen LogP contribution in [0.25, 0.3) is 0 Å². The van der Waals surface area contributed by atoms with Gasteiger partial charge in [-0.25, -0.2) is 13.1 Å². The zero-order valence-electron chi connectivity index (χ0n) is 15.1. The highest BCUT2D eigenvalue weighted by atomic mass is 32.2. The van der Waals surface area contributed by atoms with E-state index in [1.807, 2.05) is 17.5 Å². The van der Waals surface area contributed by atoms with Gasteiger partial charge in [-0.3, -0.25) is 4.79 Å². The second-order valence-corrected chi connectivity index (χ2v) is 8.78. The molecule has 6 nitrogen and oxygen atoms in total. The number of nitrogens with one attached hydrogen (secondary N) is 1. The minimum absolute atomic E-state index is 0.0595. The van der Waals surface area contributed by atoms with Crippen LogP contribution >= 0.6 is 11.3 Å². The van der Waals surface area contributed by atoms with Crippen LogP contribution in [0, 0.1) is 0 Å². The number of carbonyl (C=O) groups excluding carboxylic acids is 1. The summed E-state index contributed by atoms with van der Waals surface area (Å²) in [7, 11) is -3.70. The minimum Gasteiger partial charge on any atom is -0.468 e. The van der Waals surface area contributed by atoms with Crippen molar-refractivity contribution >= 4 is 27.3 Å². The van der Waals surface area contributed by atoms with Gasteiger partial charge in [0.15, 0.2) is 0 Å². The van der Waals surface area contributed by atoms with Gasteiger partial charge in [-0.15, -0.1) is 17.9 Å². The number of sulfonamides is 1. The van der Waals surface area contributed by atoms with E-state index in [0.717, 1.165) is 4.88 Å². The summed E-state index contributed by atoms with van der Waals surface area (Å²) in [5.74, 6) is 0.338. The van der Waals surface area contributed by atoms with Gasteiger partial charge in [0, 0.05) is 17.0 Å². The van der Waals surface area contributed by atoms with Crippen molar-refractivity contribution in [2.45, 2.75) is 18.0 Å². The molecule has 3 rings (SSSR count). The van der Waals surface area contributed by atoms with Gasteiger partial charge in [-0.05, 0) is 47.8 Å². The molecule has 0 aliphatic heterocycles. The van der Waals surface area contributed by atoms with Crippen LogP contribution in [0.2, 0.25) is 0 Å². The SMILES string of the molecule is C=CCN(Cc1cccs1)C(=O)c1ccc(S(=O)(=O)NCc2ccco2)cc1. The fraction of sp³-hybridized carbons (Fsp3) is 0.150. The second kappa shape index (κ2) is 9.01. The third kappa shape index (κ3) is 4.98. The third-order valence-electron chi connectivity index (χ3n) is 3.99. The molecule has 0 aliphatic rings. The highest BCUT2D eigenvalue weighted by Crippen LogP contribution is 2.17. The van der Waals surface area contributed by atoms with Crippen molar-refractivity contribution in [1.82, 2.24) is 9.62 Å². The molecule has 0 saturated heterocycles. The normalized spacial score (nSPS) is 11.3. The number of amides is 1. The molecule has 28 heavy (non-hydrogen) atoms. The smallest absolute Gasteiger partial charge is 0.254 e. The molecular weight excluding hydrogens is 396 g/mol. The van der Waals surface area contributed by atoms with Crippen molar-refractivity contribution in [2.24, 2.45) is 0 Å². The standard InChI is InChI=1S/C20H20N2O4S2/c1-2-11-22(15-18-6-4-13-27-18)20(23)16-7-9-19(10-8-16)28(24,25)21-14-17-5-3-12-26-17/h2-10,12-13,21H,1,11,14-15H2. The fourth-order valence-electron chi connectivity index (χ4n) is 2.59. The van der Waals surface area contributed by atoms with Gasteiger partial charge in [0.2, 0.25) is 10.0 Å². The molecule has 0 unspecified atom stereocenters. The van der Waals surface area contributed by atoms with Crippen molar-refractivity contribution in [3.63, 3.8) is 0 Å². The highest BCUT2D eigenvalue weighted by molar-refractivity contribution is 7.89. The fourth-order valence-corrected chi connectivity index (χ4v) is 4.30. The third-order valence-corrected chi connectivity index (χ3v) is 6.27. The van der Waals surface area contributed by atoms with E-state index in [4.69, 9.17) is 4.42 Å². The summed E-state index contributed by atoms with van der Waals surface area (Å²) >= 11 is 1.58. The zero-order valence-corrected chi connectivity index (χ0v) is 16.7. The summed E-state index contributed by atoms with van der Waals surface area (Å²) in [5.41, 5.74) is 0.420. The summed E-state index contributed by atoms with van der Waals surface area (Å²) in [4.78, 5) is 15.6. The highest BCUT2D eigenvalue weighted by Gasteiger charge is 2.18. The van der Waals surface area contributed by atoms with E-state index >= 15 is 0 Å². The minimum atomic E-state index is -3.70. The molecule has 1 N–H and O–H groups in total. The Morgan fingerprint density at radius 2 is 1.96 bits per heavy atom. The van der Waals surface area contributed by atoms with Gasteiger partial charge < -0.3 is 9.32 Å². The summed E-state index contributed by atoms with van der Waals surface area (Å²) in [6, 6.07) is 13.2. The number of thiophene rings is 1. The van der Waals surface area contributed by atoms with Crippen molar-refractivity contribution in [2.75, 3.05) is 6.54 Å². The molecule has 0 bridgehead atoms. The van der Waals surface area contributed by atoms with Gasteiger partial charge in [-0.1, -0.05) is 12.1 Å². The lowest BCUT2D eigenvalue weighted by atomic mass is 10.2. The Morgan fingerprint density at radius 1 is 1.18 bits per heavy atom. The number of benzene rings is 1. The van der Waals surface area contributed by atoms with Crippen LogP contribution in [0.3, 0.4) is 0 Å². The Bertz CT molecular complexity index is 1010. The van der Waals surface area contributed by atoms with E-state index in [-0.39, 0.29) is 17.3 Å². The predicted molar refractivity (Wildman–Crippen MR) is 108 cm³/mol. The van der Waals surface area contributed by atoms with E-state index in [9.17, 15) is 13.2 Å². The van der Waals surface area contributed by atoms with Gasteiger partial charge >= 0.3 is 0 Å². The first kappa shape index (κ1) is 20.1. The number of rotatable bonds is 9. The van der Waals surface area contributed by atoms with E-state index in [1.165, 1.54) is 30.5 Å². The first-order valence-electron chi connectivity index (χ1n) is 8.54. The molecular formula is C20H20N2O4S2. The average molecular weight is 417 g/mol. The lowest BCUT2D eigenvalue weighted by Gasteiger charge is -2.20. The van der Waals surface area contributed by atoms with Gasteiger partial charge in [0.05, 0.1) is 24.2 Å². The van der Waals surface area contributed by atoms with Gasteiger partial charge in [-0.2, -0.15) is 0 Å². The van der Waals surface area contributed by atoms with Crippen LogP contribution in [0.15, 0.2) is 82.1 Å². The van der Waals surface area contributed by atoms with Crippen molar-refractivity contribution in [3.05, 3.63) is 89.0 Å². The molecule has 3 aromatic rings. The molecule has 0 aliphatic carbocycles. The van der Waals surface area contributed by atoms with Crippen LogP contribution in [-0.4, -0.2) is 25.8 Å². The first-order chi connectivity index (χ1) is 13.5. The lowest BCUT2D eigenvalue weighted by molar-refractivity contribution is 0.0764.